The van der Waals surface area contributed by atoms with Crippen molar-refractivity contribution in [2.24, 2.45) is 0 Å². The van der Waals surface area contributed by atoms with Gasteiger partial charge in [0.05, 0.1) is 0 Å². The van der Waals surface area contributed by atoms with E-state index < -0.39 is 0 Å². The van der Waals surface area contributed by atoms with E-state index >= 15 is 0 Å². The summed E-state index contributed by atoms with van der Waals surface area (Å²) in [6.07, 6.45) is 3.46. The topological polar surface area (TPSA) is 17.0 Å². The first kappa shape index (κ1) is 13.5. The third kappa shape index (κ3) is 3.30. The quantitative estimate of drug-likeness (QED) is 0.769. The van der Waals surface area contributed by atoms with Gasteiger partial charge in [-0.1, -0.05) is 13.0 Å². The van der Waals surface area contributed by atoms with E-state index in [9.17, 15) is 0 Å². The molecule has 0 fully saturated rings. The minimum atomic E-state index is 0.939. The minimum Gasteiger partial charge on any atom is -0.347 e. The van der Waals surface area contributed by atoms with Crippen molar-refractivity contribution < 1.29 is 0 Å². The van der Waals surface area contributed by atoms with Crippen molar-refractivity contribution >= 4 is 22.7 Å². The molecule has 0 unspecified atom stereocenters. The Morgan fingerprint density at radius 1 is 1.28 bits per heavy atom. The second kappa shape index (κ2) is 6.86. The number of thioether (sulfide) groups is 1. The van der Waals surface area contributed by atoms with Crippen LogP contribution in [-0.4, -0.2) is 23.1 Å². The predicted molar refractivity (Wildman–Crippen MR) is 82.3 cm³/mol. The Hall–Kier alpha value is -0.930. The van der Waals surface area contributed by atoms with E-state index in [-0.39, 0.29) is 0 Å². The second-order valence-electron chi connectivity index (χ2n) is 4.48. The zero-order valence-electron chi connectivity index (χ0n) is 11.3. The molecule has 18 heavy (non-hydrogen) atoms. The maximum atomic E-state index is 3.19. The van der Waals surface area contributed by atoms with Crippen LogP contribution in [0.15, 0.2) is 30.5 Å². The molecule has 0 aliphatic carbocycles. The van der Waals surface area contributed by atoms with Gasteiger partial charge in [-0.15, -0.1) is 0 Å². The first-order valence-corrected chi connectivity index (χ1v) is 7.80. The Labute approximate surface area is 114 Å². The molecular weight excluding hydrogens is 240 g/mol. The van der Waals surface area contributed by atoms with Crippen LogP contribution in [0, 0.1) is 0 Å². The van der Waals surface area contributed by atoms with E-state index in [1.807, 2.05) is 18.8 Å². The van der Waals surface area contributed by atoms with Crippen LogP contribution in [0.25, 0.3) is 10.9 Å². The van der Waals surface area contributed by atoms with Crippen molar-refractivity contribution in [3.05, 3.63) is 36.0 Å². The van der Waals surface area contributed by atoms with Crippen LogP contribution in [0.2, 0.25) is 0 Å². The summed E-state index contributed by atoms with van der Waals surface area (Å²) < 4.78 is 2.37. The molecular formula is C15H22N2S. The van der Waals surface area contributed by atoms with Gasteiger partial charge >= 0.3 is 0 Å². The molecule has 1 aromatic carbocycles. The molecule has 3 heteroatoms. The summed E-state index contributed by atoms with van der Waals surface area (Å²) in [6, 6.07) is 8.97. The highest BCUT2D eigenvalue weighted by Gasteiger charge is 2.01. The summed E-state index contributed by atoms with van der Waals surface area (Å²) in [4.78, 5) is 0. The van der Waals surface area contributed by atoms with E-state index in [1.165, 1.54) is 34.4 Å². The van der Waals surface area contributed by atoms with E-state index in [4.69, 9.17) is 0 Å². The Morgan fingerprint density at radius 2 is 2.17 bits per heavy atom. The smallest absolute Gasteiger partial charge is 0.0480 e. The minimum absolute atomic E-state index is 0.939. The summed E-state index contributed by atoms with van der Waals surface area (Å²) in [5, 5.41) is 4.55. The van der Waals surface area contributed by atoms with Gasteiger partial charge in [0.1, 0.15) is 0 Å². The summed E-state index contributed by atoms with van der Waals surface area (Å²) >= 11 is 2.02. The lowest BCUT2D eigenvalue weighted by atomic mass is 10.1. The zero-order valence-corrected chi connectivity index (χ0v) is 12.1. The van der Waals surface area contributed by atoms with Crippen LogP contribution in [0.4, 0.5) is 0 Å². The molecule has 0 aliphatic heterocycles. The van der Waals surface area contributed by atoms with Crippen LogP contribution >= 0.6 is 11.8 Å². The highest BCUT2D eigenvalue weighted by Crippen LogP contribution is 2.18. The number of aromatic nitrogens is 1. The third-order valence-corrected chi connectivity index (χ3v) is 4.09. The number of rotatable bonds is 7. The number of hydrogen-bond acceptors (Lipinski definition) is 2. The molecule has 1 aromatic heterocycles. The molecule has 0 radical (unpaired) electrons. The van der Waals surface area contributed by atoms with Gasteiger partial charge in [0.25, 0.3) is 0 Å². The van der Waals surface area contributed by atoms with Gasteiger partial charge < -0.3 is 9.88 Å². The molecule has 0 saturated carbocycles. The normalized spacial score (nSPS) is 11.2. The predicted octanol–water partition coefficient (Wildman–Crippen LogP) is 3.50. The second-order valence-corrected chi connectivity index (χ2v) is 5.88. The van der Waals surface area contributed by atoms with Crippen molar-refractivity contribution in [2.45, 2.75) is 26.4 Å². The summed E-state index contributed by atoms with van der Waals surface area (Å²) in [5.74, 6) is 2.48. The van der Waals surface area contributed by atoms with Gasteiger partial charge in [-0.3, -0.25) is 0 Å². The molecule has 0 bridgehead atoms. The fourth-order valence-corrected chi connectivity index (χ4v) is 2.86. The summed E-state index contributed by atoms with van der Waals surface area (Å²) in [7, 11) is 1.99. The van der Waals surface area contributed by atoms with Crippen LogP contribution < -0.4 is 5.32 Å². The van der Waals surface area contributed by atoms with E-state index in [1.54, 1.807) is 0 Å². The molecule has 0 amide bonds. The number of benzene rings is 1. The lowest BCUT2D eigenvalue weighted by Crippen LogP contribution is -2.04. The maximum Gasteiger partial charge on any atom is 0.0480 e. The van der Waals surface area contributed by atoms with Gasteiger partial charge in [-0.2, -0.15) is 11.8 Å². The van der Waals surface area contributed by atoms with Crippen LogP contribution in [0.3, 0.4) is 0 Å². The number of hydrogen-bond donors (Lipinski definition) is 1. The molecule has 2 aromatic rings. The monoisotopic (exact) mass is 262 g/mol. The number of nitrogens with one attached hydrogen (secondary N) is 1. The maximum absolute atomic E-state index is 3.19. The molecule has 98 valence electrons. The zero-order chi connectivity index (χ0) is 12.8. The first-order valence-electron chi connectivity index (χ1n) is 6.65. The van der Waals surface area contributed by atoms with Crippen molar-refractivity contribution in [1.29, 1.82) is 0 Å². The lowest BCUT2D eigenvalue weighted by Gasteiger charge is -2.06. The Bertz CT molecular complexity index is 490. The Balaban J connectivity index is 2.06. The number of aryl methyl sites for hydroxylation is 1. The third-order valence-electron chi connectivity index (χ3n) is 3.11. The molecule has 0 aliphatic rings. The first-order chi connectivity index (χ1) is 8.85. The largest absolute Gasteiger partial charge is 0.347 e. The summed E-state index contributed by atoms with van der Waals surface area (Å²) in [5.41, 5.74) is 2.71. The molecule has 0 spiro atoms. The fourth-order valence-electron chi connectivity index (χ4n) is 2.24. The standard InChI is InChI=1S/C15H22N2S/c1-3-18-10-4-8-17-9-7-14-11-13(12-16-2)5-6-15(14)17/h5-7,9,11,16H,3-4,8,10,12H2,1-2H3. The van der Waals surface area contributed by atoms with Crippen molar-refractivity contribution in [2.75, 3.05) is 18.6 Å². The van der Waals surface area contributed by atoms with Crippen LogP contribution in [0.5, 0.6) is 0 Å². The van der Waals surface area contributed by atoms with Gasteiger partial charge in [0, 0.05) is 24.8 Å². The molecule has 1 N–H and O–H groups in total. The summed E-state index contributed by atoms with van der Waals surface area (Å²) in [6.45, 7) is 4.29. The average molecular weight is 262 g/mol. The van der Waals surface area contributed by atoms with E-state index in [2.05, 4.69) is 47.3 Å². The number of nitrogens with zero attached hydrogens (tertiary/aromatic N) is 1. The lowest BCUT2D eigenvalue weighted by molar-refractivity contribution is 0.709. The van der Waals surface area contributed by atoms with Gasteiger partial charge in [-0.25, -0.2) is 0 Å². The average Bonchev–Trinajstić information content (AvgIpc) is 2.78. The Kier molecular flexibility index (Phi) is 5.14. The van der Waals surface area contributed by atoms with E-state index in [0.717, 1.165) is 13.1 Å². The van der Waals surface area contributed by atoms with Crippen molar-refractivity contribution in [3.63, 3.8) is 0 Å². The van der Waals surface area contributed by atoms with Gasteiger partial charge in [0.2, 0.25) is 0 Å². The van der Waals surface area contributed by atoms with Crippen molar-refractivity contribution in [1.82, 2.24) is 9.88 Å². The highest BCUT2D eigenvalue weighted by atomic mass is 32.2. The molecule has 0 atom stereocenters. The number of fused-ring (bicyclic) bond motifs is 1. The molecule has 0 saturated heterocycles. The van der Waals surface area contributed by atoms with E-state index in [0.29, 0.717) is 0 Å². The molecule has 1 heterocycles. The highest BCUT2D eigenvalue weighted by molar-refractivity contribution is 7.99. The van der Waals surface area contributed by atoms with Crippen LogP contribution in [-0.2, 0) is 13.1 Å². The Morgan fingerprint density at radius 3 is 2.94 bits per heavy atom. The van der Waals surface area contributed by atoms with Crippen LogP contribution in [0.1, 0.15) is 18.9 Å². The van der Waals surface area contributed by atoms with Crippen molar-refractivity contribution in [3.8, 4) is 0 Å². The molecule has 2 nitrogen and oxygen atoms in total. The SMILES string of the molecule is CCSCCCn1ccc2cc(CNC)ccc21. The molecule has 2 rings (SSSR count). The van der Waals surface area contributed by atoms with Gasteiger partial charge in [0.15, 0.2) is 0 Å². The fraction of sp³-hybridized carbons (Fsp3) is 0.467. The van der Waals surface area contributed by atoms with Gasteiger partial charge in [-0.05, 0) is 54.1 Å².